The van der Waals surface area contributed by atoms with Gasteiger partial charge in [-0.05, 0) is 38.4 Å². The number of benzene rings is 1. The van der Waals surface area contributed by atoms with Gasteiger partial charge in [-0.1, -0.05) is 13.8 Å². The average molecular weight is 421 g/mol. The number of carbonyl (C=O) groups excluding carboxylic acids is 2. The molecule has 0 unspecified atom stereocenters. The third kappa shape index (κ3) is 6.34. The molecule has 0 saturated carbocycles. The molecular weight excluding hydrogens is 384 g/mol. The molecule has 1 aromatic carbocycles. The van der Waals surface area contributed by atoms with Crippen molar-refractivity contribution in [1.82, 2.24) is 15.1 Å². The number of anilines is 1. The molecule has 1 heterocycles. The second-order valence-electron chi connectivity index (χ2n) is 8.13. The van der Waals surface area contributed by atoms with E-state index in [9.17, 15) is 9.59 Å². The van der Waals surface area contributed by atoms with Gasteiger partial charge < -0.3 is 25.0 Å². The first kappa shape index (κ1) is 24.0. The van der Waals surface area contributed by atoms with Crippen LogP contribution in [0.4, 0.5) is 10.5 Å². The van der Waals surface area contributed by atoms with Crippen LogP contribution in [0.25, 0.3) is 0 Å². The van der Waals surface area contributed by atoms with E-state index in [0.717, 1.165) is 13.0 Å². The first-order valence-electron chi connectivity index (χ1n) is 10.6. The SMILES string of the molecule is CCCNC(=O)Nc1ccc2c(c1)OC[C@@H](C)N(C)C[C@@H](C)[C@H](OC)CN(C)C2=O. The molecule has 168 valence electrons. The Labute approximate surface area is 179 Å². The fourth-order valence-corrected chi connectivity index (χ4v) is 3.44. The molecule has 3 atom stereocenters. The summed E-state index contributed by atoms with van der Waals surface area (Å²) in [7, 11) is 5.52. The predicted molar refractivity (Wildman–Crippen MR) is 118 cm³/mol. The quantitative estimate of drug-likeness (QED) is 0.783. The van der Waals surface area contributed by atoms with Crippen LogP contribution in [-0.2, 0) is 4.74 Å². The zero-order valence-electron chi connectivity index (χ0n) is 19.0. The van der Waals surface area contributed by atoms with Crippen molar-refractivity contribution in [2.45, 2.75) is 39.3 Å². The van der Waals surface area contributed by atoms with Crippen molar-refractivity contribution < 1.29 is 19.1 Å². The molecule has 2 rings (SSSR count). The van der Waals surface area contributed by atoms with E-state index in [2.05, 4.69) is 36.4 Å². The first-order chi connectivity index (χ1) is 14.3. The standard InChI is InChI=1S/C22H36N4O4/c1-7-10-23-22(28)24-17-8-9-18-19(11-17)30-14-16(3)25(4)12-15(2)20(29-6)13-26(5)21(18)27/h8-9,11,15-16,20H,7,10,12-14H2,1-6H3,(H2,23,24,28)/t15-,16-,20-/m1/s1. The first-order valence-corrected chi connectivity index (χ1v) is 10.6. The van der Waals surface area contributed by atoms with E-state index in [-0.39, 0.29) is 30.0 Å². The van der Waals surface area contributed by atoms with Gasteiger partial charge in [0.1, 0.15) is 12.4 Å². The van der Waals surface area contributed by atoms with Crippen LogP contribution in [-0.4, -0.2) is 81.3 Å². The lowest BCUT2D eigenvalue weighted by Crippen LogP contribution is -2.45. The fraction of sp³-hybridized carbons (Fsp3) is 0.636. The molecule has 0 spiro atoms. The lowest BCUT2D eigenvalue weighted by Gasteiger charge is -2.34. The Balaban J connectivity index is 2.32. The van der Waals surface area contributed by atoms with E-state index in [1.807, 2.05) is 6.92 Å². The minimum atomic E-state index is -0.279. The molecule has 0 fully saturated rings. The lowest BCUT2D eigenvalue weighted by atomic mass is 10.0. The minimum Gasteiger partial charge on any atom is -0.491 e. The second kappa shape index (κ2) is 11.2. The number of hydrogen-bond acceptors (Lipinski definition) is 5. The summed E-state index contributed by atoms with van der Waals surface area (Å²) in [4.78, 5) is 29.0. The van der Waals surface area contributed by atoms with Crippen LogP contribution in [0.5, 0.6) is 5.75 Å². The Hall–Kier alpha value is -2.32. The van der Waals surface area contributed by atoms with Crippen molar-refractivity contribution in [1.29, 1.82) is 0 Å². The Morgan fingerprint density at radius 2 is 2.00 bits per heavy atom. The predicted octanol–water partition coefficient (Wildman–Crippen LogP) is 2.65. The van der Waals surface area contributed by atoms with Crippen molar-refractivity contribution in [2.75, 3.05) is 52.8 Å². The maximum Gasteiger partial charge on any atom is 0.319 e. The summed E-state index contributed by atoms with van der Waals surface area (Å²) in [6.45, 7) is 8.56. The Kier molecular flexibility index (Phi) is 8.92. The highest BCUT2D eigenvalue weighted by molar-refractivity contribution is 5.98. The van der Waals surface area contributed by atoms with Gasteiger partial charge in [-0.25, -0.2) is 4.79 Å². The van der Waals surface area contributed by atoms with E-state index < -0.39 is 0 Å². The van der Waals surface area contributed by atoms with E-state index in [4.69, 9.17) is 9.47 Å². The van der Waals surface area contributed by atoms with Gasteiger partial charge in [0, 0.05) is 51.6 Å². The van der Waals surface area contributed by atoms with Crippen LogP contribution in [0.2, 0.25) is 0 Å². The van der Waals surface area contributed by atoms with Crippen LogP contribution in [0, 0.1) is 5.92 Å². The monoisotopic (exact) mass is 420 g/mol. The highest BCUT2D eigenvalue weighted by atomic mass is 16.5. The number of fused-ring (bicyclic) bond motifs is 1. The van der Waals surface area contributed by atoms with Crippen LogP contribution in [0.15, 0.2) is 18.2 Å². The molecule has 3 amide bonds. The Bertz CT molecular complexity index is 727. The van der Waals surface area contributed by atoms with Gasteiger partial charge >= 0.3 is 6.03 Å². The number of hydrogen-bond donors (Lipinski definition) is 2. The van der Waals surface area contributed by atoms with Crippen LogP contribution in [0.1, 0.15) is 37.6 Å². The number of ether oxygens (including phenoxy) is 2. The molecule has 1 aromatic rings. The number of urea groups is 1. The Morgan fingerprint density at radius 1 is 1.27 bits per heavy atom. The van der Waals surface area contributed by atoms with Gasteiger partial charge in [0.15, 0.2) is 0 Å². The number of nitrogens with zero attached hydrogens (tertiary/aromatic N) is 2. The van der Waals surface area contributed by atoms with Gasteiger partial charge in [0.05, 0.1) is 11.7 Å². The van der Waals surface area contributed by atoms with Crippen molar-refractivity contribution in [3.63, 3.8) is 0 Å². The number of nitrogens with one attached hydrogen (secondary N) is 2. The normalized spacial score (nSPS) is 23.6. The maximum absolute atomic E-state index is 13.1. The molecule has 0 aromatic heterocycles. The summed E-state index contributed by atoms with van der Waals surface area (Å²) in [6, 6.07) is 5.00. The van der Waals surface area contributed by atoms with E-state index >= 15 is 0 Å². The third-order valence-electron chi connectivity index (χ3n) is 5.55. The lowest BCUT2D eigenvalue weighted by molar-refractivity contribution is 0.0150. The minimum absolute atomic E-state index is 0.0689. The van der Waals surface area contributed by atoms with Gasteiger partial charge in [-0.3, -0.25) is 9.69 Å². The van der Waals surface area contributed by atoms with Crippen molar-refractivity contribution in [3.8, 4) is 5.75 Å². The van der Waals surface area contributed by atoms with E-state index in [1.165, 1.54) is 0 Å². The smallest absolute Gasteiger partial charge is 0.319 e. The van der Waals surface area contributed by atoms with Crippen molar-refractivity contribution in [3.05, 3.63) is 23.8 Å². The molecule has 8 nitrogen and oxygen atoms in total. The number of methoxy groups -OCH3 is 1. The molecule has 0 radical (unpaired) electrons. The molecule has 30 heavy (non-hydrogen) atoms. The second-order valence-corrected chi connectivity index (χ2v) is 8.13. The number of likely N-dealkylation sites (N-methyl/N-ethyl adjacent to an activating group) is 2. The summed E-state index contributed by atoms with van der Waals surface area (Å²) >= 11 is 0. The van der Waals surface area contributed by atoms with Crippen molar-refractivity contribution >= 4 is 17.6 Å². The summed E-state index contributed by atoms with van der Waals surface area (Å²) in [6.07, 6.45) is 0.786. The topological polar surface area (TPSA) is 83.1 Å². The molecule has 8 heteroatoms. The number of amides is 3. The van der Waals surface area contributed by atoms with Gasteiger partial charge in [0.2, 0.25) is 0 Å². The molecule has 2 N–H and O–H groups in total. The average Bonchev–Trinajstić information content (AvgIpc) is 2.72. The van der Waals surface area contributed by atoms with E-state index in [1.54, 1.807) is 37.3 Å². The number of carbonyl (C=O) groups is 2. The zero-order chi connectivity index (χ0) is 22.3. The maximum atomic E-state index is 13.1. The Morgan fingerprint density at radius 3 is 2.67 bits per heavy atom. The van der Waals surface area contributed by atoms with E-state index in [0.29, 0.717) is 36.7 Å². The van der Waals surface area contributed by atoms with Gasteiger partial charge in [-0.15, -0.1) is 0 Å². The summed E-state index contributed by atoms with van der Waals surface area (Å²) < 4.78 is 11.7. The molecule has 0 aliphatic carbocycles. The molecule has 1 aliphatic heterocycles. The molecule has 1 aliphatic rings. The largest absolute Gasteiger partial charge is 0.491 e. The van der Waals surface area contributed by atoms with Crippen LogP contribution in [0.3, 0.4) is 0 Å². The van der Waals surface area contributed by atoms with Gasteiger partial charge in [-0.2, -0.15) is 0 Å². The van der Waals surface area contributed by atoms with Crippen LogP contribution < -0.4 is 15.4 Å². The summed E-state index contributed by atoms with van der Waals surface area (Å²) in [5.74, 6) is 0.579. The van der Waals surface area contributed by atoms with Crippen LogP contribution >= 0.6 is 0 Å². The molecule has 0 saturated heterocycles. The van der Waals surface area contributed by atoms with Gasteiger partial charge in [0.25, 0.3) is 5.91 Å². The number of rotatable bonds is 4. The highest BCUT2D eigenvalue weighted by Crippen LogP contribution is 2.26. The highest BCUT2D eigenvalue weighted by Gasteiger charge is 2.27. The third-order valence-corrected chi connectivity index (χ3v) is 5.55. The molecule has 0 bridgehead atoms. The molecular formula is C22H36N4O4. The summed E-state index contributed by atoms with van der Waals surface area (Å²) in [5, 5.41) is 5.57. The fourth-order valence-electron chi connectivity index (χ4n) is 3.44. The summed E-state index contributed by atoms with van der Waals surface area (Å²) in [5.41, 5.74) is 1.05. The van der Waals surface area contributed by atoms with Crippen molar-refractivity contribution in [2.24, 2.45) is 5.92 Å². The zero-order valence-corrected chi connectivity index (χ0v) is 19.0.